The van der Waals surface area contributed by atoms with Crippen LogP contribution in [0.4, 0.5) is 5.69 Å². The summed E-state index contributed by atoms with van der Waals surface area (Å²) in [6, 6.07) is 6.14. The normalized spacial score (nSPS) is 13.5. The zero-order chi connectivity index (χ0) is 15.3. The van der Waals surface area contributed by atoms with Crippen LogP contribution in [0, 0.1) is 13.8 Å². The van der Waals surface area contributed by atoms with Crippen molar-refractivity contribution in [1.82, 2.24) is 0 Å². The van der Waals surface area contributed by atoms with Crippen LogP contribution in [0.15, 0.2) is 23.2 Å². The first-order chi connectivity index (χ1) is 9.18. The average molecular weight is 423 g/mol. The van der Waals surface area contributed by atoms with Crippen molar-refractivity contribution in [3.8, 4) is 0 Å². The lowest BCUT2D eigenvalue weighted by atomic mass is 10.1. The van der Waals surface area contributed by atoms with Gasteiger partial charge in [0.2, 0.25) is 0 Å². The van der Waals surface area contributed by atoms with Crippen molar-refractivity contribution in [2.24, 2.45) is 10.7 Å². The monoisotopic (exact) mass is 423 g/mol. The van der Waals surface area contributed by atoms with Gasteiger partial charge in [-0.25, -0.2) is 0 Å². The van der Waals surface area contributed by atoms with Crippen molar-refractivity contribution in [3.63, 3.8) is 0 Å². The fourth-order valence-corrected chi connectivity index (χ4v) is 2.66. The molecule has 0 aliphatic rings. The quantitative estimate of drug-likeness (QED) is 0.444. The number of guanidine groups is 1. The summed E-state index contributed by atoms with van der Waals surface area (Å²) < 4.78 is 11.7. The number of aliphatic imine (C=N–C) groups is 1. The smallest absolute Gasteiger partial charge is 0.193 e. The van der Waals surface area contributed by atoms with Crippen molar-refractivity contribution in [1.29, 1.82) is 0 Å². The lowest BCUT2D eigenvalue weighted by molar-refractivity contribution is 0.648. The van der Waals surface area contributed by atoms with Crippen LogP contribution in [0.2, 0.25) is 0 Å². The summed E-state index contributed by atoms with van der Waals surface area (Å²) in [7, 11) is -0.898. The second-order valence-electron chi connectivity index (χ2n) is 5.93. The molecule has 3 N–H and O–H groups in total. The van der Waals surface area contributed by atoms with Gasteiger partial charge in [-0.05, 0) is 57.9 Å². The molecule has 0 spiro atoms. The fraction of sp³-hybridized carbons (Fsp3) is 0.533. The Hall–Kier alpha value is -0.630. The molecule has 0 aromatic heterocycles. The molecule has 21 heavy (non-hydrogen) atoms. The van der Waals surface area contributed by atoms with Gasteiger partial charge < -0.3 is 11.1 Å². The maximum atomic E-state index is 11.9. The van der Waals surface area contributed by atoms with Crippen LogP contribution in [0.1, 0.15) is 31.9 Å². The van der Waals surface area contributed by atoms with Gasteiger partial charge in [0.05, 0.1) is 6.54 Å². The van der Waals surface area contributed by atoms with Crippen molar-refractivity contribution in [2.45, 2.75) is 39.4 Å². The minimum absolute atomic E-state index is 0. The molecule has 1 unspecified atom stereocenters. The topological polar surface area (TPSA) is 67.5 Å². The number of nitrogens with zero attached hydrogens (tertiary/aromatic N) is 1. The van der Waals surface area contributed by atoms with E-state index in [1.807, 2.05) is 46.8 Å². The molecule has 1 atom stereocenters. The first-order valence-electron chi connectivity index (χ1n) is 6.72. The van der Waals surface area contributed by atoms with E-state index >= 15 is 0 Å². The third-order valence-electron chi connectivity index (χ3n) is 2.74. The van der Waals surface area contributed by atoms with Gasteiger partial charge in [0, 0.05) is 27.0 Å². The molecule has 1 aromatic rings. The van der Waals surface area contributed by atoms with E-state index in [-0.39, 0.29) is 28.7 Å². The molecule has 6 heteroatoms. The van der Waals surface area contributed by atoms with E-state index in [0.717, 1.165) is 5.69 Å². The molecular weight excluding hydrogens is 397 g/mol. The second kappa shape index (κ2) is 8.73. The van der Waals surface area contributed by atoms with Crippen LogP contribution < -0.4 is 11.1 Å². The Morgan fingerprint density at radius 3 is 2.24 bits per heavy atom. The SMILES string of the molecule is Cc1cc(C)cc(NC(N)=NCCS(=O)C(C)(C)C)c1.I. The number of aryl methyl sites for hydroxylation is 2. The highest BCUT2D eigenvalue weighted by Crippen LogP contribution is 2.13. The van der Waals surface area contributed by atoms with Gasteiger partial charge in [0.25, 0.3) is 0 Å². The van der Waals surface area contributed by atoms with Crippen molar-refractivity contribution < 1.29 is 4.21 Å². The lowest BCUT2D eigenvalue weighted by Crippen LogP contribution is -2.27. The Bertz CT molecular complexity index is 504. The Labute approximate surface area is 147 Å². The largest absolute Gasteiger partial charge is 0.370 e. The molecule has 0 saturated carbocycles. The molecule has 4 nitrogen and oxygen atoms in total. The summed E-state index contributed by atoms with van der Waals surface area (Å²) >= 11 is 0. The van der Waals surface area contributed by atoms with Crippen LogP contribution >= 0.6 is 24.0 Å². The Morgan fingerprint density at radius 1 is 1.24 bits per heavy atom. The summed E-state index contributed by atoms with van der Waals surface area (Å²) in [5.74, 6) is 0.888. The van der Waals surface area contributed by atoms with E-state index in [0.29, 0.717) is 18.3 Å². The highest BCUT2D eigenvalue weighted by Gasteiger charge is 2.18. The number of nitrogens with two attached hydrogens (primary N) is 1. The molecule has 1 aromatic carbocycles. The molecule has 120 valence electrons. The van der Waals surface area contributed by atoms with E-state index in [9.17, 15) is 4.21 Å². The number of benzene rings is 1. The molecule has 0 radical (unpaired) electrons. The van der Waals surface area contributed by atoms with E-state index in [1.54, 1.807) is 0 Å². The minimum atomic E-state index is -0.898. The average Bonchev–Trinajstić information content (AvgIpc) is 2.25. The Morgan fingerprint density at radius 2 is 1.76 bits per heavy atom. The molecule has 0 bridgehead atoms. The summed E-state index contributed by atoms with van der Waals surface area (Å²) in [4.78, 5) is 4.22. The van der Waals surface area contributed by atoms with Crippen LogP contribution in [0.3, 0.4) is 0 Å². The number of hydrogen-bond donors (Lipinski definition) is 2. The maximum absolute atomic E-state index is 11.9. The highest BCUT2D eigenvalue weighted by atomic mass is 127. The summed E-state index contributed by atoms with van der Waals surface area (Å²) in [6.07, 6.45) is 0. The fourth-order valence-electron chi connectivity index (χ4n) is 1.79. The van der Waals surface area contributed by atoms with Gasteiger partial charge in [-0.2, -0.15) is 0 Å². The van der Waals surface area contributed by atoms with Gasteiger partial charge >= 0.3 is 0 Å². The zero-order valence-corrected chi connectivity index (χ0v) is 16.5. The first-order valence-corrected chi connectivity index (χ1v) is 8.04. The molecule has 0 fully saturated rings. The van der Waals surface area contributed by atoms with Gasteiger partial charge in [0.15, 0.2) is 5.96 Å². The van der Waals surface area contributed by atoms with Gasteiger partial charge in [-0.15, -0.1) is 24.0 Å². The molecule has 0 aliphatic carbocycles. The van der Waals surface area contributed by atoms with Crippen LogP contribution in [0.5, 0.6) is 0 Å². The first kappa shape index (κ1) is 20.4. The summed E-state index contributed by atoms with van der Waals surface area (Å²) in [5, 5.41) is 3.06. The Balaban J connectivity index is 0.00000400. The second-order valence-corrected chi connectivity index (χ2v) is 8.25. The number of nitrogens with one attached hydrogen (secondary N) is 1. The minimum Gasteiger partial charge on any atom is -0.370 e. The van der Waals surface area contributed by atoms with Gasteiger partial charge in [-0.1, -0.05) is 6.07 Å². The predicted octanol–water partition coefficient (Wildman–Crippen LogP) is 3.20. The van der Waals surface area contributed by atoms with Crippen molar-refractivity contribution in [2.75, 3.05) is 17.6 Å². The third kappa shape index (κ3) is 7.80. The number of rotatable bonds is 4. The standard InChI is InChI=1S/C15H25N3OS.HI/c1-11-8-12(2)10-13(9-11)18-14(16)17-6-7-20(19)15(3,4)5;/h8-10H,6-7H2,1-5H3,(H3,16,17,18);1H. The highest BCUT2D eigenvalue weighted by molar-refractivity contribution is 14.0. The van der Waals surface area contributed by atoms with Crippen molar-refractivity contribution >= 4 is 46.4 Å². The number of halogens is 1. The molecule has 0 amide bonds. The van der Waals surface area contributed by atoms with Crippen LogP contribution in [0.25, 0.3) is 0 Å². The van der Waals surface area contributed by atoms with E-state index in [4.69, 9.17) is 5.73 Å². The molecule has 0 heterocycles. The van der Waals surface area contributed by atoms with Crippen molar-refractivity contribution in [3.05, 3.63) is 29.3 Å². The predicted molar refractivity (Wildman–Crippen MR) is 104 cm³/mol. The maximum Gasteiger partial charge on any atom is 0.193 e. The van der Waals surface area contributed by atoms with Gasteiger partial charge in [0.1, 0.15) is 0 Å². The number of hydrogen-bond acceptors (Lipinski definition) is 2. The van der Waals surface area contributed by atoms with Crippen LogP contribution in [-0.2, 0) is 10.8 Å². The zero-order valence-electron chi connectivity index (χ0n) is 13.4. The van der Waals surface area contributed by atoms with E-state index in [2.05, 4.69) is 16.4 Å². The molecular formula is C15H26IN3OS. The summed E-state index contributed by atoms with van der Waals surface area (Å²) in [6.45, 7) is 10.4. The molecule has 0 aliphatic heterocycles. The lowest BCUT2D eigenvalue weighted by Gasteiger charge is -2.16. The third-order valence-corrected chi connectivity index (χ3v) is 4.66. The van der Waals surface area contributed by atoms with Crippen LogP contribution in [-0.4, -0.2) is 27.2 Å². The Kier molecular flexibility index (Phi) is 8.46. The van der Waals surface area contributed by atoms with E-state index in [1.165, 1.54) is 11.1 Å². The summed E-state index contributed by atoms with van der Waals surface area (Å²) in [5.41, 5.74) is 9.12. The molecule has 1 rings (SSSR count). The van der Waals surface area contributed by atoms with E-state index < -0.39 is 10.8 Å². The molecule has 0 saturated heterocycles. The van der Waals surface area contributed by atoms with Gasteiger partial charge in [-0.3, -0.25) is 9.20 Å². The number of anilines is 1.